The minimum atomic E-state index is 0.364. The molecule has 0 atom stereocenters. The fraction of sp³-hybridized carbons (Fsp3) is 0.667. The van der Waals surface area contributed by atoms with E-state index in [2.05, 4.69) is 20.9 Å². The van der Waals surface area contributed by atoms with E-state index in [1.807, 2.05) is 12.3 Å². The lowest BCUT2D eigenvalue weighted by Gasteiger charge is -2.35. The first-order valence-corrected chi connectivity index (χ1v) is 8.73. The molecule has 126 valence electrons. The first-order valence-electron chi connectivity index (χ1n) is 8.73. The van der Waals surface area contributed by atoms with Gasteiger partial charge in [-0.15, -0.1) is 0 Å². The number of amides is 1. The maximum atomic E-state index is 12.4. The predicted molar refractivity (Wildman–Crippen MR) is 89.2 cm³/mol. The smallest absolute Gasteiger partial charge is 0.222 e. The van der Waals surface area contributed by atoms with Crippen LogP contribution >= 0.6 is 0 Å². The van der Waals surface area contributed by atoms with Crippen LogP contribution in [0.4, 0.5) is 0 Å². The highest BCUT2D eigenvalue weighted by Gasteiger charge is 2.25. The molecule has 1 aromatic rings. The average molecular weight is 317 g/mol. The molecule has 0 radical (unpaired) electrons. The lowest BCUT2D eigenvalue weighted by molar-refractivity contribution is -0.134. The van der Waals surface area contributed by atoms with E-state index in [1.54, 1.807) is 7.11 Å². The highest BCUT2D eigenvalue weighted by Crippen LogP contribution is 2.28. The molecule has 0 aromatic carbocycles. The Morgan fingerprint density at radius 2 is 1.96 bits per heavy atom. The van der Waals surface area contributed by atoms with Crippen LogP contribution in [0.2, 0.25) is 0 Å². The summed E-state index contributed by atoms with van der Waals surface area (Å²) in [6.45, 7) is 4.50. The minimum Gasteiger partial charge on any atom is -0.481 e. The molecule has 3 rings (SSSR count). The van der Waals surface area contributed by atoms with Crippen molar-refractivity contribution in [2.45, 2.75) is 38.6 Å². The summed E-state index contributed by atoms with van der Waals surface area (Å²) in [5, 5.41) is 0. The van der Waals surface area contributed by atoms with Crippen molar-refractivity contribution in [1.82, 2.24) is 14.8 Å². The fourth-order valence-electron chi connectivity index (χ4n) is 3.63. The van der Waals surface area contributed by atoms with Crippen LogP contribution in [-0.2, 0) is 11.3 Å². The van der Waals surface area contributed by atoms with Crippen molar-refractivity contribution in [3.05, 3.63) is 23.9 Å². The van der Waals surface area contributed by atoms with Crippen LogP contribution in [0, 0.1) is 5.92 Å². The van der Waals surface area contributed by atoms with Crippen LogP contribution in [0.5, 0.6) is 5.88 Å². The minimum absolute atomic E-state index is 0.364. The van der Waals surface area contributed by atoms with E-state index in [4.69, 9.17) is 4.74 Å². The summed E-state index contributed by atoms with van der Waals surface area (Å²) < 4.78 is 5.09. The van der Waals surface area contributed by atoms with E-state index in [-0.39, 0.29) is 0 Å². The van der Waals surface area contributed by atoms with Gasteiger partial charge in [-0.25, -0.2) is 4.98 Å². The van der Waals surface area contributed by atoms with Crippen LogP contribution in [0.25, 0.3) is 0 Å². The quantitative estimate of drug-likeness (QED) is 0.836. The van der Waals surface area contributed by atoms with Gasteiger partial charge in [0.2, 0.25) is 11.8 Å². The molecule has 5 heteroatoms. The Morgan fingerprint density at radius 1 is 1.22 bits per heavy atom. The number of carbonyl (C=O) groups is 1. The molecule has 2 aliphatic rings. The van der Waals surface area contributed by atoms with Crippen molar-refractivity contribution in [1.29, 1.82) is 0 Å². The van der Waals surface area contributed by atoms with E-state index in [9.17, 15) is 4.79 Å². The fourth-order valence-corrected chi connectivity index (χ4v) is 3.63. The molecule has 2 heterocycles. The van der Waals surface area contributed by atoms with Gasteiger partial charge < -0.3 is 9.64 Å². The number of methoxy groups -OCH3 is 1. The second-order valence-corrected chi connectivity index (χ2v) is 6.72. The van der Waals surface area contributed by atoms with Gasteiger partial charge in [-0.3, -0.25) is 9.69 Å². The Hall–Kier alpha value is -1.62. The summed E-state index contributed by atoms with van der Waals surface area (Å²) in [5.74, 6) is 1.66. The molecule has 1 aliphatic heterocycles. The van der Waals surface area contributed by atoms with E-state index in [0.717, 1.165) is 39.1 Å². The Kier molecular flexibility index (Phi) is 5.49. The standard InChI is InChI=1S/C18H27N3O2/c1-23-17-7-6-16(13-19-17)14-20-8-10-21(11-9-20)18(22)12-15-4-2-3-5-15/h6-7,13,15H,2-5,8-12,14H2,1H3. The van der Waals surface area contributed by atoms with Gasteiger partial charge in [-0.05, 0) is 24.3 Å². The van der Waals surface area contributed by atoms with Gasteiger partial charge in [0.15, 0.2) is 0 Å². The summed E-state index contributed by atoms with van der Waals surface area (Å²) >= 11 is 0. The van der Waals surface area contributed by atoms with Crippen LogP contribution in [0.15, 0.2) is 18.3 Å². The first kappa shape index (κ1) is 16.2. The Labute approximate surface area is 138 Å². The molecule has 0 spiro atoms. The number of nitrogens with zero attached hydrogens (tertiary/aromatic N) is 3. The van der Waals surface area contributed by atoms with Crippen LogP contribution in [0.1, 0.15) is 37.7 Å². The van der Waals surface area contributed by atoms with Gasteiger partial charge in [0.05, 0.1) is 7.11 Å². The highest BCUT2D eigenvalue weighted by atomic mass is 16.5. The number of carbonyl (C=O) groups excluding carboxylic acids is 1. The number of hydrogen-bond donors (Lipinski definition) is 0. The molecule has 0 N–H and O–H groups in total. The topological polar surface area (TPSA) is 45.7 Å². The van der Waals surface area contributed by atoms with Crippen LogP contribution < -0.4 is 4.74 Å². The third-order valence-electron chi connectivity index (χ3n) is 5.08. The molecule has 1 amide bonds. The zero-order valence-electron chi connectivity index (χ0n) is 14.0. The Morgan fingerprint density at radius 3 is 2.57 bits per heavy atom. The molecular weight excluding hydrogens is 290 g/mol. The van der Waals surface area contributed by atoms with Crippen LogP contribution in [0.3, 0.4) is 0 Å². The van der Waals surface area contributed by atoms with E-state index >= 15 is 0 Å². The van der Waals surface area contributed by atoms with Crippen molar-refractivity contribution in [3.63, 3.8) is 0 Å². The first-order chi connectivity index (χ1) is 11.2. The summed E-state index contributed by atoms with van der Waals surface area (Å²) in [4.78, 5) is 21.1. The summed E-state index contributed by atoms with van der Waals surface area (Å²) in [5.41, 5.74) is 1.19. The van der Waals surface area contributed by atoms with Crippen LogP contribution in [-0.4, -0.2) is 54.0 Å². The Bertz CT molecular complexity index is 504. The van der Waals surface area contributed by atoms with Crippen molar-refractivity contribution >= 4 is 5.91 Å². The third-order valence-corrected chi connectivity index (χ3v) is 5.08. The lowest BCUT2D eigenvalue weighted by Crippen LogP contribution is -2.48. The molecule has 0 unspecified atom stereocenters. The summed E-state index contributed by atoms with van der Waals surface area (Å²) in [7, 11) is 1.63. The molecule has 0 bridgehead atoms. The van der Waals surface area contributed by atoms with E-state index in [0.29, 0.717) is 17.7 Å². The normalized spacial score (nSPS) is 20.0. The van der Waals surface area contributed by atoms with Crippen molar-refractivity contribution in [2.75, 3.05) is 33.3 Å². The second-order valence-electron chi connectivity index (χ2n) is 6.72. The van der Waals surface area contributed by atoms with Gasteiger partial charge >= 0.3 is 0 Å². The predicted octanol–water partition coefficient (Wildman–Crippen LogP) is 2.31. The van der Waals surface area contributed by atoms with Gasteiger partial charge in [-0.1, -0.05) is 18.9 Å². The zero-order valence-corrected chi connectivity index (χ0v) is 14.0. The number of aromatic nitrogens is 1. The second kappa shape index (κ2) is 7.77. The van der Waals surface area contributed by atoms with Crippen molar-refractivity contribution < 1.29 is 9.53 Å². The van der Waals surface area contributed by atoms with Crippen molar-refractivity contribution in [3.8, 4) is 5.88 Å². The molecule has 1 saturated carbocycles. The molecule has 1 aromatic heterocycles. The zero-order chi connectivity index (χ0) is 16.1. The molecule has 1 saturated heterocycles. The van der Waals surface area contributed by atoms with Crippen molar-refractivity contribution in [2.24, 2.45) is 5.92 Å². The van der Waals surface area contributed by atoms with E-state index < -0.39 is 0 Å². The third kappa shape index (κ3) is 4.44. The SMILES string of the molecule is COc1ccc(CN2CCN(C(=O)CC3CCCC3)CC2)cn1. The van der Waals surface area contributed by atoms with E-state index in [1.165, 1.54) is 31.2 Å². The molecule has 23 heavy (non-hydrogen) atoms. The molecule has 2 fully saturated rings. The highest BCUT2D eigenvalue weighted by molar-refractivity contribution is 5.76. The van der Waals surface area contributed by atoms with Gasteiger partial charge in [0.25, 0.3) is 0 Å². The lowest BCUT2D eigenvalue weighted by atomic mass is 10.0. The maximum Gasteiger partial charge on any atom is 0.222 e. The average Bonchev–Trinajstić information content (AvgIpc) is 3.09. The Balaban J connectivity index is 1.43. The monoisotopic (exact) mass is 317 g/mol. The summed E-state index contributed by atoms with van der Waals surface area (Å²) in [6, 6.07) is 3.96. The number of rotatable bonds is 5. The van der Waals surface area contributed by atoms with Gasteiger partial charge in [-0.2, -0.15) is 0 Å². The number of ether oxygens (including phenoxy) is 1. The van der Waals surface area contributed by atoms with Gasteiger partial charge in [0, 0.05) is 51.4 Å². The number of pyridine rings is 1. The largest absolute Gasteiger partial charge is 0.481 e. The number of piperazine rings is 1. The summed E-state index contributed by atoms with van der Waals surface area (Å²) in [6.07, 6.45) is 7.74. The maximum absolute atomic E-state index is 12.4. The number of hydrogen-bond acceptors (Lipinski definition) is 4. The molecule has 5 nitrogen and oxygen atoms in total. The molecular formula is C18H27N3O2. The molecule has 1 aliphatic carbocycles. The van der Waals surface area contributed by atoms with Gasteiger partial charge in [0.1, 0.15) is 0 Å².